The van der Waals surface area contributed by atoms with Crippen LogP contribution in [0.2, 0.25) is 0 Å². The second-order valence-corrected chi connectivity index (χ2v) is 12.2. The van der Waals surface area contributed by atoms with Gasteiger partial charge in [-0.15, -0.1) is 0 Å². The normalized spacial score (nSPS) is 10.6. The molecule has 0 aliphatic heterocycles. The van der Waals surface area contributed by atoms with E-state index in [1.54, 1.807) is 24.8 Å². The number of hydrogen-bond acceptors (Lipinski definition) is 12. The van der Waals surface area contributed by atoms with Gasteiger partial charge in [0.05, 0.1) is 0 Å². The molecule has 2 aromatic carbocycles. The molecule has 0 aliphatic rings. The molecule has 8 N–H and O–H groups in total. The summed E-state index contributed by atoms with van der Waals surface area (Å²) in [5, 5.41) is 27.7. The molecular formula is C38H46N14O2. The van der Waals surface area contributed by atoms with Gasteiger partial charge in [0.1, 0.15) is 11.6 Å². The lowest BCUT2D eigenvalue weighted by atomic mass is 10.1. The van der Waals surface area contributed by atoms with Crippen molar-refractivity contribution in [1.29, 1.82) is 0 Å². The zero-order valence-corrected chi connectivity index (χ0v) is 30.8. The van der Waals surface area contributed by atoms with Crippen LogP contribution in [0.5, 0.6) is 0 Å². The van der Waals surface area contributed by atoms with E-state index < -0.39 is 12.1 Å². The summed E-state index contributed by atoms with van der Waals surface area (Å²) in [6.07, 6.45) is 8.95. The number of pyridine rings is 2. The number of aromatic nitrogens is 6. The first-order valence-electron chi connectivity index (χ1n) is 17.6. The molecule has 0 unspecified atom stereocenters. The molecular weight excluding hydrogens is 685 g/mol. The number of nitrogens with one attached hydrogen (secondary N) is 8. The van der Waals surface area contributed by atoms with Crippen molar-refractivity contribution in [3.05, 3.63) is 96.8 Å². The maximum absolute atomic E-state index is 12.3. The van der Waals surface area contributed by atoms with Crippen molar-refractivity contribution in [3.8, 4) is 0 Å². The first-order valence-corrected chi connectivity index (χ1v) is 17.6. The standard InChI is InChI=1S/2C19H23N7O/c2*1-13-10-17(22-8-3-7-20-2)25-18(23-13)26-19(27)24-16-5-4-15-12-21-9-6-14(15)11-16/h2*4-6,9-12,20H,3,7-8H2,1-2H3,(H3,22,23,24,25,26,27). The third kappa shape index (κ3) is 12.3. The number of urea groups is 2. The third-order valence-corrected chi connectivity index (χ3v) is 7.78. The lowest BCUT2D eigenvalue weighted by Gasteiger charge is -2.10. The van der Waals surface area contributed by atoms with Crippen LogP contribution >= 0.6 is 0 Å². The van der Waals surface area contributed by atoms with Gasteiger partial charge in [0, 0.05) is 83.5 Å². The highest BCUT2D eigenvalue weighted by atomic mass is 16.2. The summed E-state index contributed by atoms with van der Waals surface area (Å²) in [5.41, 5.74) is 2.91. The Morgan fingerprint density at radius 1 is 0.519 bits per heavy atom. The zero-order valence-electron chi connectivity index (χ0n) is 30.8. The quantitative estimate of drug-likeness (QED) is 0.0608. The van der Waals surface area contributed by atoms with E-state index in [0.29, 0.717) is 23.0 Å². The van der Waals surface area contributed by atoms with Crippen LogP contribution in [0, 0.1) is 13.8 Å². The van der Waals surface area contributed by atoms with Crippen molar-refractivity contribution >= 4 is 68.5 Å². The highest BCUT2D eigenvalue weighted by Crippen LogP contribution is 2.20. The monoisotopic (exact) mass is 730 g/mol. The average Bonchev–Trinajstić information content (AvgIpc) is 3.15. The highest BCUT2D eigenvalue weighted by Gasteiger charge is 2.10. The van der Waals surface area contributed by atoms with Crippen molar-refractivity contribution in [1.82, 2.24) is 40.5 Å². The molecule has 0 radical (unpaired) electrons. The Labute approximate surface area is 313 Å². The summed E-state index contributed by atoms with van der Waals surface area (Å²) in [4.78, 5) is 50.0. The number of carbonyl (C=O) groups excluding carboxylic acids is 2. The number of amides is 4. The maximum atomic E-state index is 12.3. The fourth-order valence-corrected chi connectivity index (χ4v) is 5.24. The fraction of sp³-hybridized carbons (Fsp3) is 0.263. The SMILES string of the molecule is CNCCCNc1cc(C)nc(NC(=O)Nc2ccc3cnccc3c2)n1.CNCCCNc1cc(C)nc(NC(=O)Nc2ccc3cnccc3c2)n1. The molecule has 4 heterocycles. The Morgan fingerprint density at radius 3 is 1.39 bits per heavy atom. The van der Waals surface area contributed by atoms with Crippen LogP contribution in [0.15, 0.2) is 85.5 Å². The Morgan fingerprint density at radius 2 is 0.963 bits per heavy atom. The van der Waals surface area contributed by atoms with E-state index >= 15 is 0 Å². The predicted molar refractivity (Wildman–Crippen MR) is 216 cm³/mol. The van der Waals surface area contributed by atoms with E-state index in [2.05, 4.69) is 72.4 Å². The van der Waals surface area contributed by atoms with Crippen LogP contribution in [-0.4, -0.2) is 82.2 Å². The van der Waals surface area contributed by atoms with Gasteiger partial charge in [-0.2, -0.15) is 9.97 Å². The van der Waals surface area contributed by atoms with Crippen molar-refractivity contribution in [2.75, 3.05) is 72.2 Å². The summed E-state index contributed by atoms with van der Waals surface area (Å²) < 4.78 is 0. The Hall–Kier alpha value is -6.52. The van der Waals surface area contributed by atoms with Gasteiger partial charge in [-0.3, -0.25) is 20.6 Å². The van der Waals surface area contributed by atoms with Crippen LogP contribution < -0.4 is 42.5 Å². The molecule has 0 saturated heterocycles. The number of nitrogens with zero attached hydrogens (tertiary/aromatic N) is 6. The molecule has 6 aromatic rings. The van der Waals surface area contributed by atoms with Crippen LogP contribution in [0.1, 0.15) is 24.2 Å². The second-order valence-electron chi connectivity index (χ2n) is 12.2. The minimum atomic E-state index is -0.393. The number of hydrogen-bond donors (Lipinski definition) is 8. The molecule has 0 spiro atoms. The van der Waals surface area contributed by atoms with Crippen LogP contribution in [0.3, 0.4) is 0 Å². The fourth-order valence-electron chi connectivity index (χ4n) is 5.24. The van der Waals surface area contributed by atoms with Gasteiger partial charge in [-0.05, 0) is 101 Å². The van der Waals surface area contributed by atoms with Crippen molar-refractivity contribution in [2.24, 2.45) is 0 Å². The van der Waals surface area contributed by atoms with E-state index in [4.69, 9.17) is 0 Å². The molecule has 0 atom stereocenters. The first-order chi connectivity index (χ1) is 26.3. The molecule has 0 bridgehead atoms. The summed E-state index contributed by atoms with van der Waals surface area (Å²) in [7, 11) is 3.84. The van der Waals surface area contributed by atoms with Gasteiger partial charge in [-0.25, -0.2) is 19.6 Å². The van der Waals surface area contributed by atoms with E-state index in [-0.39, 0.29) is 11.9 Å². The highest BCUT2D eigenvalue weighted by molar-refractivity contribution is 6.01. The Bertz CT molecular complexity index is 2010. The van der Waals surface area contributed by atoms with Crippen LogP contribution in [-0.2, 0) is 0 Å². The number of benzene rings is 2. The Balaban J connectivity index is 0.000000208. The second kappa shape index (κ2) is 19.9. The number of aryl methyl sites for hydroxylation is 2. The van der Waals surface area contributed by atoms with Gasteiger partial charge in [0.15, 0.2) is 0 Å². The van der Waals surface area contributed by atoms with Crippen molar-refractivity contribution in [2.45, 2.75) is 26.7 Å². The number of fused-ring (bicyclic) bond motifs is 2. The van der Waals surface area contributed by atoms with E-state index in [0.717, 1.165) is 72.0 Å². The molecule has 6 rings (SSSR count). The average molecular weight is 731 g/mol. The Kier molecular flexibility index (Phi) is 14.3. The topological polar surface area (TPSA) is 208 Å². The molecule has 0 fully saturated rings. The van der Waals surface area contributed by atoms with Crippen molar-refractivity contribution in [3.63, 3.8) is 0 Å². The lowest BCUT2D eigenvalue weighted by Crippen LogP contribution is -2.21. The van der Waals surface area contributed by atoms with Gasteiger partial charge >= 0.3 is 12.1 Å². The predicted octanol–water partition coefficient (Wildman–Crippen LogP) is 6.00. The molecule has 0 saturated carbocycles. The molecule has 16 heteroatoms. The molecule has 4 aromatic heterocycles. The molecule has 54 heavy (non-hydrogen) atoms. The van der Waals surface area contributed by atoms with Crippen LogP contribution in [0.25, 0.3) is 21.5 Å². The van der Waals surface area contributed by atoms with Gasteiger partial charge in [0.25, 0.3) is 0 Å². The van der Waals surface area contributed by atoms with E-state index in [1.165, 1.54) is 0 Å². The van der Waals surface area contributed by atoms with Gasteiger partial charge in [0.2, 0.25) is 11.9 Å². The van der Waals surface area contributed by atoms with Gasteiger partial charge in [-0.1, -0.05) is 12.1 Å². The van der Waals surface area contributed by atoms with Gasteiger partial charge < -0.3 is 31.9 Å². The minimum absolute atomic E-state index is 0.258. The van der Waals surface area contributed by atoms with E-state index in [1.807, 2.05) is 88.6 Å². The summed E-state index contributed by atoms with van der Waals surface area (Å²) in [6.45, 7) is 7.14. The molecule has 16 nitrogen and oxygen atoms in total. The molecule has 4 amide bonds. The molecule has 280 valence electrons. The third-order valence-electron chi connectivity index (χ3n) is 7.78. The van der Waals surface area contributed by atoms with Crippen molar-refractivity contribution < 1.29 is 9.59 Å². The number of carbonyl (C=O) groups is 2. The number of anilines is 6. The van der Waals surface area contributed by atoms with Crippen LogP contribution in [0.4, 0.5) is 44.5 Å². The zero-order chi connectivity index (χ0) is 38.1. The largest absolute Gasteiger partial charge is 0.370 e. The maximum Gasteiger partial charge on any atom is 0.326 e. The first kappa shape index (κ1) is 38.7. The molecule has 0 aliphatic carbocycles. The summed E-state index contributed by atoms with van der Waals surface area (Å²) in [6, 6.07) is 18.0. The summed E-state index contributed by atoms with van der Waals surface area (Å²) >= 11 is 0. The van der Waals surface area contributed by atoms with E-state index in [9.17, 15) is 9.59 Å². The smallest absolute Gasteiger partial charge is 0.326 e. The summed E-state index contributed by atoms with van der Waals surface area (Å²) in [5.74, 6) is 1.89. The lowest BCUT2D eigenvalue weighted by molar-refractivity contribution is 0.261. The minimum Gasteiger partial charge on any atom is -0.370 e. The number of rotatable bonds is 14.